The molecule has 0 saturated carbocycles. The molecular formula is C23H28N6O2. The Balaban J connectivity index is 1.67. The summed E-state index contributed by atoms with van der Waals surface area (Å²) in [7, 11) is 3.68. The fourth-order valence-electron chi connectivity index (χ4n) is 4.11. The van der Waals surface area contributed by atoms with E-state index in [1.165, 1.54) is 0 Å². The van der Waals surface area contributed by atoms with E-state index < -0.39 is 0 Å². The number of amides is 1. The molecule has 162 valence electrons. The Hall–Kier alpha value is -3.31. The third-order valence-electron chi connectivity index (χ3n) is 5.74. The Labute approximate surface area is 182 Å². The van der Waals surface area contributed by atoms with E-state index in [0.29, 0.717) is 39.2 Å². The molecule has 1 aromatic carbocycles. The van der Waals surface area contributed by atoms with Gasteiger partial charge >= 0.3 is 0 Å². The van der Waals surface area contributed by atoms with Crippen LogP contribution in [0.5, 0.6) is 0 Å². The molecule has 0 spiro atoms. The van der Waals surface area contributed by atoms with Gasteiger partial charge in [-0.25, -0.2) is 0 Å². The number of nitrogens with zero attached hydrogens (tertiary/aromatic N) is 6. The summed E-state index contributed by atoms with van der Waals surface area (Å²) in [6, 6.07) is 8.26. The molecule has 0 N–H and O–H groups in total. The summed E-state index contributed by atoms with van der Waals surface area (Å²) in [5.74, 6) is 4.31. The van der Waals surface area contributed by atoms with E-state index in [0.717, 1.165) is 34.7 Å². The first kappa shape index (κ1) is 20.9. The zero-order valence-electron chi connectivity index (χ0n) is 18.1. The van der Waals surface area contributed by atoms with Gasteiger partial charge in [0.1, 0.15) is 0 Å². The largest absolute Gasteiger partial charge is 0.383 e. The number of piperazine rings is 1. The minimum absolute atomic E-state index is 0.0770. The van der Waals surface area contributed by atoms with Gasteiger partial charge < -0.3 is 19.1 Å². The van der Waals surface area contributed by atoms with Crippen molar-refractivity contribution >= 4 is 22.8 Å². The number of hydrogen-bond donors (Lipinski definition) is 0. The van der Waals surface area contributed by atoms with Crippen LogP contribution in [-0.4, -0.2) is 70.0 Å². The molecule has 8 heteroatoms. The van der Waals surface area contributed by atoms with Gasteiger partial charge in [-0.15, -0.1) is 22.5 Å². The lowest BCUT2D eigenvalue weighted by Crippen LogP contribution is -2.52. The van der Waals surface area contributed by atoms with Crippen molar-refractivity contribution in [2.45, 2.75) is 19.4 Å². The molecule has 8 nitrogen and oxygen atoms in total. The molecule has 0 atom stereocenters. The van der Waals surface area contributed by atoms with Gasteiger partial charge in [-0.05, 0) is 12.5 Å². The number of aromatic nitrogens is 4. The third-order valence-corrected chi connectivity index (χ3v) is 5.74. The number of rotatable bonds is 8. The molecule has 31 heavy (non-hydrogen) atoms. The number of carbonyl (C=O) groups excluding carboxylic acids is 1. The maximum atomic E-state index is 12.7. The maximum absolute atomic E-state index is 12.7. The van der Waals surface area contributed by atoms with Crippen molar-refractivity contribution in [3.63, 3.8) is 0 Å². The fourth-order valence-corrected chi connectivity index (χ4v) is 4.11. The third kappa shape index (κ3) is 4.14. The van der Waals surface area contributed by atoms with E-state index in [9.17, 15) is 4.79 Å². The number of unbranched alkanes of at least 4 members (excludes halogenated alkanes) is 1. The first-order valence-electron chi connectivity index (χ1n) is 10.6. The number of para-hydroxylation sites is 1. The van der Waals surface area contributed by atoms with Crippen LogP contribution in [0.2, 0.25) is 0 Å². The SMILES string of the molecule is C#CCCCn1c(-c2cn(C)c3ccccc23)nnc1N1CCN(CCOC)C(=O)C1. The van der Waals surface area contributed by atoms with Crippen LogP contribution in [0.1, 0.15) is 12.8 Å². The zero-order chi connectivity index (χ0) is 21.8. The normalized spacial score (nSPS) is 14.4. The topological polar surface area (TPSA) is 68.4 Å². The van der Waals surface area contributed by atoms with E-state index in [1.807, 2.05) is 29.0 Å². The van der Waals surface area contributed by atoms with Crippen molar-refractivity contribution in [1.82, 2.24) is 24.2 Å². The van der Waals surface area contributed by atoms with Crippen LogP contribution >= 0.6 is 0 Å². The molecule has 0 radical (unpaired) electrons. The van der Waals surface area contributed by atoms with Crippen LogP contribution in [0, 0.1) is 12.3 Å². The van der Waals surface area contributed by atoms with E-state index in [2.05, 4.69) is 43.6 Å². The Bertz CT molecular complexity index is 1110. The van der Waals surface area contributed by atoms with Crippen molar-refractivity contribution in [2.24, 2.45) is 7.05 Å². The predicted molar refractivity (Wildman–Crippen MR) is 121 cm³/mol. The number of terminal acetylenes is 1. The lowest BCUT2D eigenvalue weighted by atomic mass is 10.1. The molecule has 3 heterocycles. The molecular weight excluding hydrogens is 392 g/mol. The molecule has 0 unspecified atom stereocenters. The van der Waals surface area contributed by atoms with E-state index in [1.54, 1.807) is 7.11 Å². The average Bonchev–Trinajstić information content (AvgIpc) is 3.34. The number of anilines is 1. The molecule has 1 amide bonds. The van der Waals surface area contributed by atoms with Gasteiger partial charge in [0.05, 0.1) is 13.2 Å². The minimum Gasteiger partial charge on any atom is -0.383 e. The van der Waals surface area contributed by atoms with Gasteiger partial charge in [0.2, 0.25) is 11.9 Å². The average molecular weight is 421 g/mol. The predicted octanol–water partition coefficient (Wildman–Crippen LogP) is 2.15. The number of carbonyl (C=O) groups is 1. The van der Waals surface area contributed by atoms with E-state index in [-0.39, 0.29) is 12.5 Å². The molecule has 3 aromatic rings. The number of benzene rings is 1. The molecule has 0 aliphatic carbocycles. The molecule has 1 aliphatic heterocycles. The van der Waals surface area contributed by atoms with Gasteiger partial charge in [-0.3, -0.25) is 9.36 Å². The maximum Gasteiger partial charge on any atom is 0.242 e. The van der Waals surface area contributed by atoms with Gasteiger partial charge in [-0.1, -0.05) is 18.2 Å². The fraction of sp³-hybridized carbons (Fsp3) is 0.435. The first-order chi connectivity index (χ1) is 15.1. The number of aryl methyl sites for hydroxylation is 1. The second kappa shape index (κ2) is 9.23. The van der Waals surface area contributed by atoms with Gasteiger partial charge in [0.15, 0.2) is 5.82 Å². The summed E-state index contributed by atoms with van der Waals surface area (Å²) in [4.78, 5) is 16.5. The van der Waals surface area contributed by atoms with Crippen LogP contribution in [0.3, 0.4) is 0 Å². The molecule has 2 aromatic heterocycles. The highest BCUT2D eigenvalue weighted by Crippen LogP contribution is 2.31. The molecule has 1 saturated heterocycles. The minimum atomic E-state index is 0.0770. The van der Waals surface area contributed by atoms with Crippen molar-refractivity contribution < 1.29 is 9.53 Å². The number of ether oxygens (including phenoxy) is 1. The van der Waals surface area contributed by atoms with Crippen LogP contribution in [0.15, 0.2) is 30.5 Å². The second-order valence-electron chi connectivity index (χ2n) is 7.75. The Kier molecular flexibility index (Phi) is 6.23. The molecule has 1 fully saturated rings. The van der Waals surface area contributed by atoms with E-state index in [4.69, 9.17) is 11.2 Å². The summed E-state index contributed by atoms with van der Waals surface area (Å²) >= 11 is 0. The van der Waals surface area contributed by atoms with Crippen molar-refractivity contribution in [2.75, 3.05) is 44.8 Å². The Morgan fingerprint density at radius 3 is 2.81 bits per heavy atom. The van der Waals surface area contributed by atoms with Crippen LogP contribution < -0.4 is 4.90 Å². The number of methoxy groups -OCH3 is 1. The Morgan fingerprint density at radius 1 is 1.19 bits per heavy atom. The zero-order valence-corrected chi connectivity index (χ0v) is 18.1. The molecule has 4 rings (SSSR count). The smallest absolute Gasteiger partial charge is 0.242 e. The summed E-state index contributed by atoms with van der Waals surface area (Å²) in [6.07, 6.45) is 9.07. The quantitative estimate of drug-likeness (QED) is 0.413. The lowest BCUT2D eigenvalue weighted by molar-refractivity contribution is -0.131. The summed E-state index contributed by atoms with van der Waals surface area (Å²) in [5, 5.41) is 10.2. The highest BCUT2D eigenvalue weighted by Gasteiger charge is 2.28. The summed E-state index contributed by atoms with van der Waals surface area (Å²) in [6.45, 7) is 3.48. The number of hydrogen-bond acceptors (Lipinski definition) is 5. The van der Waals surface area contributed by atoms with Crippen LogP contribution in [-0.2, 0) is 23.1 Å². The monoisotopic (exact) mass is 420 g/mol. The second-order valence-corrected chi connectivity index (χ2v) is 7.75. The summed E-state index contributed by atoms with van der Waals surface area (Å²) in [5.41, 5.74) is 2.17. The van der Waals surface area contributed by atoms with Crippen LogP contribution in [0.25, 0.3) is 22.3 Å². The van der Waals surface area contributed by atoms with Gasteiger partial charge in [0, 0.05) is 69.4 Å². The molecule has 0 bridgehead atoms. The highest BCUT2D eigenvalue weighted by molar-refractivity contribution is 5.94. The van der Waals surface area contributed by atoms with Crippen molar-refractivity contribution in [3.8, 4) is 23.7 Å². The van der Waals surface area contributed by atoms with Gasteiger partial charge in [-0.2, -0.15) is 0 Å². The number of fused-ring (bicyclic) bond motifs is 1. The van der Waals surface area contributed by atoms with Crippen molar-refractivity contribution in [1.29, 1.82) is 0 Å². The van der Waals surface area contributed by atoms with E-state index >= 15 is 0 Å². The highest BCUT2D eigenvalue weighted by atomic mass is 16.5. The van der Waals surface area contributed by atoms with Gasteiger partial charge in [0.25, 0.3) is 0 Å². The molecule has 1 aliphatic rings. The van der Waals surface area contributed by atoms with Crippen molar-refractivity contribution in [3.05, 3.63) is 30.5 Å². The Morgan fingerprint density at radius 2 is 2.03 bits per heavy atom. The first-order valence-corrected chi connectivity index (χ1v) is 10.6. The summed E-state index contributed by atoms with van der Waals surface area (Å²) < 4.78 is 9.32. The van der Waals surface area contributed by atoms with Crippen LogP contribution in [0.4, 0.5) is 5.95 Å². The lowest BCUT2D eigenvalue weighted by Gasteiger charge is -2.34. The standard InChI is InChI=1S/C23H28N6O2/c1-4-5-8-11-29-22(19-16-26(2)20-10-7-6-9-18(19)20)24-25-23(29)28-13-12-27(14-15-31-3)21(30)17-28/h1,6-7,9-10,16H,5,8,11-15,17H2,2-3H3.